The summed E-state index contributed by atoms with van der Waals surface area (Å²) in [4.78, 5) is 13.9. The minimum atomic E-state index is -0.0139. The van der Waals surface area contributed by atoms with Crippen molar-refractivity contribution in [2.45, 2.75) is 38.5 Å². The predicted octanol–water partition coefficient (Wildman–Crippen LogP) is 6.89. The topological polar surface area (TPSA) is 17.1 Å². The molecule has 0 saturated heterocycles. The van der Waals surface area contributed by atoms with Gasteiger partial charge in [-0.3, -0.25) is 4.79 Å². The Bertz CT molecular complexity index is 1140. The third-order valence-corrected chi connectivity index (χ3v) is 7.18. The molecule has 0 radical (unpaired) electrons. The fourth-order valence-electron chi connectivity index (χ4n) is 5.56. The molecular formula is C31H30O. The van der Waals surface area contributed by atoms with Crippen LogP contribution in [0.5, 0.6) is 0 Å². The van der Waals surface area contributed by atoms with Crippen LogP contribution in [-0.4, -0.2) is 5.78 Å². The molecular weight excluding hydrogens is 388 g/mol. The first-order chi connectivity index (χ1) is 15.7. The maximum Gasteiger partial charge on any atom is 0.163 e. The Balaban J connectivity index is 1.53. The van der Waals surface area contributed by atoms with E-state index in [-0.39, 0.29) is 17.8 Å². The summed E-state index contributed by atoms with van der Waals surface area (Å²) in [5.74, 6) is 0.724. The van der Waals surface area contributed by atoms with Crippen molar-refractivity contribution >= 4 is 5.78 Å². The molecule has 0 aliphatic heterocycles. The van der Waals surface area contributed by atoms with E-state index in [0.29, 0.717) is 5.78 Å². The van der Waals surface area contributed by atoms with E-state index in [0.717, 1.165) is 31.3 Å². The molecule has 1 nitrogen and oxygen atoms in total. The van der Waals surface area contributed by atoms with E-state index in [2.05, 4.69) is 97.9 Å². The highest BCUT2D eigenvalue weighted by atomic mass is 16.1. The lowest BCUT2D eigenvalue weighted by molar-refractivity contribution is -0.118. The van der Waals surface area contributed by atoms with Crippen LogP contribution in [0.4, 0.5) is 0 Å². The molecule has 1 heteroatoms. The van der Waals surface area contributed by atoms with Gasteiger partial charge < -0.3 is 0 Å². The van der Waals surface area contributed by atoms with Gasteiger partial charge in [0.1, 0.15) is 0 Å². The van der Waals surface area contributed by atoms with E-state index in [1.54, 1.807) is 0 Å². The minimum Gasteiger partial charge on any atom is -0.294 e. The molecule has 0 N–H and O–H groups in total. The van der Waals surface area contributed by atoms with Gasteiger partial charge in [-0.1, -0.05) is 110 Å². The van der Waals surface area contributed by atoms with E-state index in [1.165, 1.54) is 27.8 Å². The number of rotatable bonds is 6. The smallest absolute Gasteiger partial charge is 0.163 e. The van der Waals surface area contributed by atoms with Crippen LogP contribution in [0.2, 0.25) is 0 Å². The van der Waals surface area contributed by atoms with Gasteiger partial charge in [-0.2, -0.15) is 0 Å². The van der Waals surface area contributed by atoms with E-state index in [4.69, 9.17) is 0 Å². The third kappa shape index (κ3) is 4.00. The van der Waals surface area contributed by atoms with Gasteiger partial charge in [0.15, 0.2) is 5.78 Å². The molecule has 1 saturated carbocycles. The number of hydrogen-bond acceptors (Lipinski definition) is 1. The van der Waals surface area contributed by atoms with Crippen molar-refractivity contribution in [3.8, 4) is 0 Å². The quantitative estimate of drug-likeness (QED) is 0.398. The van der Waals surface area contributed by atoms with Gasteiger partial charge in [0.05, 0.1) is 0 Å². The summed E-state index contributed by atoms with van der Waals surface area (Å²) in [6, 6.07) is 30.1. The summed E-state index contributed by atoms with van der Waals surface area (Å²) in [5.41, 5.74) is 7.57. The van der Waals surface area contributed by atoms with E-state index in [9.17, 15) is 4.79 Å². The predicted molar refractivity (Wildman–Crippen MR) is 132 cm³/mol. The Kier molecular flexibility index (Phi) is 5.90. The van der Waals surface area contributed by atoms with Crippen molar-refractivity contribution in [3.05, 3.63) is 130 Å². The van der Waals surface area contributed by atoms with Gasteiger partial charge in [-0.05, 0) is 47.9 Å². The maximum absolute atomic E-state index is 13.9. The Morgan fingerprint density at radius 3 is 2.12 bits per heavy atom. The number of fused-ring (bicyclic) bond motifs is 1. The normalized spacial score (nSPS) is 22.3. The van der Waals surface area contributed by atoms with Crippen LogP contribution in [0.15, 0.2) is 108 Å². The van der Waals surface area contributed by atoms with Crippen molar-refractivity contribution in [2.24, 2.45) is 11.8 Å². The number of benzene rings is 3. The van der Waals surface area contributed by atoms with Crippen LogP contribution in [0.3, 0.4) is 0 Å². The van der Waals surface area contributed by atoms with Crippen LogP contribution in [0.1, 0.15) is 41.5 Å². The highest BCUT2D eigenvalue weighted by Crippen LogP contribution is 2.50. The second-order valence-corrected chi connectivity index (χ2v) is 9.12. The zero-order valence-electron chi connectivity index (χ0n) is 18.7. The van der Waals surface area contributed by atoms with Crippen molar-refractivity contribution in [1.82, 2.24) is 0 Å². The molecule has 0 amide bonds. The first kappa shape index (κ1) is 20.7. The number of Topliss-reactive ketones (excluding diaryl/α,β-unsaturated/α-hetero) is 1. The molecule has 0 heterocycles. The van der Waals surface area contributed by atoms with Crippen molar-refractivity contribution < 1.29 is 4.79 Å². The highest BCUT2D eigenvalue weighted by Gasteiger charge is 2.47. The molecule has 3 unspecified atom stereocenters. The fraction of sp³-hybridized carbons (Fsp3) is 0.258. The average Bonchev–Trinajstić information content (AvgIpc) is 3.13. The third-order valence-electron chi connectivity index (χ3n) is 7.18. The molecule has 3 aromatic rings. The van der Waals surface area contributed by atoms with Gasteiger partial charge in [0.2, 0.25) is 0 Å². The summed E-state index contributed by atoms with van der Waals surface area (Å²) in [6.45, 7) is 2.18. The fourth-order valence-corrected chi connectivity index (χ4v) is 5.56. The Morgan fingerprint density at radius 1 is 0.781 bits per heavy atom. The summed E-state index contributed by atoms with van der Waals surface area (Å²) in [6.07, 6.45) is 8.19. The lowest BCUT2D eigenvalue weighted by atomic mass is 9.78. The van der Waals surface area contributed by atoms with Crippen molar-refractivity contribution in [2.75, 3.05) is 0 Å². The van der Waals surface area contributed by atoms with E-state index in [1.807, 2.05) is 6.07 Å². The number of aryl methyl sites for hydroxylation is 1. The van der Waals surface area contributed by atoms with Crippen molar-refractivity contribution in [1.29, 1.82) is 0 Å². The average molecular weight is 419 g/mol. The Morgan fingerprint density at radius 2 is 1.44 bits per heavy atom. The lowest BCUT2D eigenvalue weighted by Crippen LogP contribution is -2.18. The number of allylic oxidation sites excluding steroid dienone is 4. The van der Waals surface area contributed by atoms with Crippen LogP contribution in [-0.2, 0) is 24.1 Å². The Hall–Kier alpha value is -3.19. The van der Waals surface area contributed by atoms with Crippen LogP contribution in [0, 0.1) is 11.8 Å². The standard InChI is InChI=1S/C31H30O/c1-2-22-16-18-24(19-17-22)20-26-14-9-15-27-29(25-12-7-4-8-13-25)28(31(32)30(26)27)21-23-10-5-3-6-11-23/h3-13,15-19,27-29H,2,14,20-21H2,1H3. The molecule has 2 aliphatic carbocycles. The monoisotopic (exact) mass is 418 g/mol. The number of hydrogen-bond donors (Lipinski definition) is 0. The number of carbonyl (C=O) groups excluding carboxylic acids is 1. The SMILES string of the molecule is CCc1ccc(CC2=C3C(=O)C(Cc4ccccc4)C(c4ccccc4)C3C=CC2)cc1. The largest absolute Gasteiger partial charge is 0.294 e. The van der Waals surface area contributed by atoms with Gasteiger partial charge in [-0.15, -0.1) is 0 Å². The second kappa shape index (κ2) is 9.12. The maximum atomic E-state index is 13.9. The molecule has 0 bridgehead atoms. The molecule has 0 aromatic heterocycles. The molecule has 3 aromatic carbocycles. The Labute approximate surface area is 191 Å². The second-order valence-electron chi connectivity index (χ2n) is 9.12. The van der Waals surface area contributed by atoms with Gasteiger partial charge in [0.25, 0.3) is 0 Å². The zero-order chi connectivity index (χ0) is 21.9. The molecule has 3 atom stereocenters. The summed E-state index contributed by atoms with van der Waals surface area (Å²) < 4.78 is 0. The first-order valence-electron chi connectivity index (χ1n) is 11.8. The van der Waals surface area contributed by atoms with Gasteiger partial charge in [0, 0.05) is 23.3 Å². The molecule has 5 rings (SSSR count). The number of ketones is 1. The van der Waals surface area contributed by atoms with Crippen LogP contribution >= 0.6 is 0 Å². The van der Waals surface area contributed by atoms with Crippen LogP contribution < -0.4 is 0 Å². The molecule has 2 aliphatic rings. The highest BCUT2D eigenvalue weighted by molar-refractivity contribution is 6.03. The molecule has 0 spiro atoms. The minimum absolute atomic E-state index is 0.0139. The molecule has 1 fully saturated rings. The lowest BCUT2D eigenvalue weighted by Gasteiger charge is -2.25. The summed E-state index contributed by atoms with van der Waals surface area (Å²) >= 11 is 0. The summed E-state index contributed by atoms with van der Waals surface area (Å²) in [5, 5.41) is 0. The molecule has 32 heavy (non-hydrogen) atoms. The van der Waals surface area contributed by atoms with E-state index >= 15 is 0 Å². The van der Waals surface area contributed by atoms with Crippen molar-refractivity contribution in [3.63, 3.8) is 0 Å². The van der Waals surface area contributed by atoms with Crippen LogP contribution in [0.25, 0.3) is 0 Å². The van der Waals surface area contributed by atoms with Gasteiger partial charge in [-0.25, -0.2) is 0 Å². The molecule has 160 valence electrons. The number of carbonyl (C=O) groups is 1. The first-order valence-corrected chi connectivity index (χ1v) is 11.8. The summed E-state index contributed by atoms with van der Waals surface area (Å²) in [7, 11) is 0. The zero-order valence-corrected chi connectivity index (χ0v) is 18.7. The van der Waals surface area contributed by atoms with Gasteiger partial charge >= 0.3 is 0 Å². The van der Waals surface area contributed by atoms with E-state index < -0.39 is 0 Å².